The Balaban J connectivity index is 1.38. The van der Waals surface area contributed by atoms with E-state index in [2.05, 4.69) is 22.0 Å². The van der Waals surface area contributed by atoms with Crippen LogP contribution in [0.25, 0.3) is 0 Å². The van der Waals surface area contributed by atoms with Crippen LogP contribution in [0.1, 0.15) is 38.2 Å². The van der Waals surface area contributed by atoms with Gasteiger partial charge in [0.25, 0.3) is 0 Å². The van der Waals surface area contributed by atoms with Gasteiger partial charge in [-0.2, -0.15) is 0 Å². The number of carbonyl (C=O) groups is 1. The molecule has 132 valence electrons. The molecule has 1 atom stereocenters. The number of likely N-dealkylation sites (tertiary alicyclic amines) is 2. The van der Waals surface area contributed by atoms with E-state index in [0.717, 1.165) is 36.9 Å². The van der Waals surface area contributed by atoms with Crippen LogP contribution >= 0.6 is 11.6 Å². The second kappa shape index (κ2) is 7.85. The minimum Gasteiger partial charge on any atom is -0.326 e. The highest BCUT2D eigenvalue weighted by molar-refractivity contribution is 6.31. The number of piperidine rings is 1. The molecular weight excluding hydrogens is 322 g/mol. The van der Waals surface area contributed by atoms with Crippen molar-refractivity contribution in [1.29, 1.82) is 0 Å². The first kappa shape index (κ1) is 17.7. The summed E-state index contributed by atoms with van der Waals surface area (Å²) in [4.78, 5) is 17.1. The third-order valence-corrected chi connectivity index (χ3v) is 5.78. The fourth-order valence-corrected chi connectivity index (χ4v) is 3.93. The number of nitrogens with one attached hydrogen (secondary N) is 1. The maximum absolute atomic E-state index is 12.1. The number of halogens is 1. The van der Waals surface area contributed by atoms with Crippen LogP contribution in [-0.2, 0) is 4.79 Å². The summed E-state index contributed by atoms with van der Waals surface area (Å²) in [6, 6.07) is 7.06. The van der Waals surface area contributed by atoms with Gasteiger partial charge in [0.05, 0.1) is 0 Å². The van der Waals surface area contributed by atoms with Gasteiger partial charge in [0.15, 0.2) is 0 Å². The molecule has 0 aliphatic carbocycles. The number of nitrogens with zero attached hydrogens (tertiary/aromatic N) is 2. The van der Waals surface area contributed by atoms with Crippen molar-refractivity contribution in [2.75, 3.05) is 31.5 Å². The Morgan fingerprint density at radius 1 is 1.33 bits per heavy atom. The highest BCUT2D eigenvalue weighted by atomic mass is 35.5. The summed E-state index contributed by atoms with van der Waals surface area (Å²) < 4.78 is 0. The molecule has 0 saturated carbocycles. The van der Waals surface area contributed by atoms with Gasteiger partial charge in [-0.1, -0.05) is 24.1 Å². The smallest absolute Gasteiger partial charge is 0.225 e. The van der Waals surface area contributed by atoms with Crippen LogP contribution in [0.2, 0.25) is 5.02 Å². The van der Waals surface area contributed by atoms with E-state index in [9.17, 15) is 4.79 Å². The summed E-state index contributed by atoms with van der Waals surface area (Å²) in [5, 5.41) is 3.62. The molecule has 0 radical (unpaired) electrons. The summed E-state index contributed by atoms with van der Waals surface area (Å²) >= 11 is 6.09. The van der Waals surface area contributed by atoms with Crippen LogP contribution in [-0.4, -0.2) is 54.0 Å². The molecule has 2 saturated heterocycles. The maximum Gasteiger partial charge on any atom is 0.225 e. The molecule has 2 heterocycles. The zero-order valence-corrected chi connectivity index (χ0v) is 15.5. The molecule has 1 N–H and O–H groups in total. The molecule has 1 aromatic carbocycles. The lowest BCUT2D eigenvalue weighted by molar-refractivity contribution is -0.117. The molecule has 1 amide bonds. The van der Waals surface area contributed by atoms with E-state index >= 15 is 0 Å². The lowest BCUT2D eigenvalue weighted by Gasteiger charge is -2.49. The van der Waals surface area contributed by atoms with Crippen molar-refractivity contribution in [3.63, 3.8) is 0 Å². The minimum atomic E-state index is 0.0599. The topological polar surface area (TPSA) is 35.6 Å². The van der Waals surface area contributed by atoms with Crippen molar-refractivity contribution in [2.45, 2.75) is 51.6 Å². The van der Waals surface area contributed by atoms with Crippen LogP contribution in [0.3, 0.4) is 0 Å². The van der Waals surface area contributed by atoms with Crippen molar-refractivity contribution in [1.82, 2.24) is 9.80 Å². The molecule has 0 aromatic heterocycles. The monoisotopic (exact) mass is 349 g/mol. The number of amides is 1. The second-order valence-corrected chi connectivity index (χ2v) is 7.67. The number of carbonyl (C=O) groups excluding carboxylic acids is 1. The third kappa shape index (κ3) is 4.29. The fraction of sp³-hybridized carbons (Fsp3) is 0.632. The van der Waals surface area contributed by atoms with Gasteiger partial charge >= 0.3 is 0 Å². The highest BCUT2D eigenvalue weighted by Gasteiger charge is 2.34. The molecule has 3 rings (SSSR count). The molecule has 1 aromatic rings. The Morgan fingerprint density at radius 3 is 2.83 bits per heavy atom. The quantitative estimate of drug-likeness (QED) is 0.883. The van der Waals surface area contributed by atoms with Crippen LogP contribution < -0.4 is 5.32 Å². The molecule has 2 aliphatic heterocycles. The standard InChI is InChI=1S/C19H28ClN3O/c1-14-6-7-16(11-18(14)20)21-19(24)8-10-22-12-17(13-22)23-9-4-3-5-15(23)2/h6-7,11,15,17H,3-5,8-10,12-13H2,1-2H3,(H,21,24). The van der Waals surface area contributed by atoms with E-state index in [1.165, 1.54) is 25.8 Å². The molecule has 2 aliphatic rings. The number of anilines is 1. The van der Waals surface area contributed by atoms with Gasteiger partial charge < -0.3 is 5.32 Å². The van der Waals surface area contributed by atoms with Crippen LogP contribution in [0, 0.1) is 6.92 Å². The van der Waals surface area contributed by atoms with Crippen molar-refractivity contribution in [3.8, 4) is 0 Å². The van der Waals surface area contributed by atoms with Gasteiger partial charge in [-0.3, -0.25) is 14.6 Å². The van der Waals surface area contributed by atoms with E-state index in [4.69, 9.17) is 11.6 Å². The van der Waals surface area contributed by atoms with Gasteiger partial charge in [-0.05, 0) is 50.9 Å². The molecule has 0 bridgehead atoms. The first-order valence-corrected chi connectivity index (χ1v) is 9.45. The summed E-state index contributed by atoms with van der Waals surface area (Å²) in [5.74, 6) is 0.0599. The first-order chi connectivity index (χ1) is 11.5. The minimum absolute atomic E-state index is 0.0599. The Morgan fingerprint density at radius 2 is 2.12 bits per heavy atom. The Hall–Kier alpha value is -1.10. The van der Waals surface area contributed by atoms with Gasteiger partial charge in [-0.15, -0.1) is 0 Å². The Kier molecular flexibility index (Phi) is 5.80. The normalized spacial score (nSPS) is 23.0. The summed E-state index contributed by atoms with van der Waals surface area (Å²) in [6.45, 7) is 8.60. The fourth-order valence-electron chi connectivity index (χ4n) is 3.75. The van der Waals surface area contributed by atoms with Crippen molar-refractivity contribution in [3.05, 3.63) is 28.8 Å². The lowest BCUT2D eigenvalue weighted by Crippen LogP contribution is -2.62. The van der Waals surface area contributed by atoms with Gasteiger partial charge in [0.1, 0.15) is 0 Å². The molecule has 1 unspecified atom stereocenters. The Labute approximate surface area is 150 Å². The number of rotatable bonds is 5. The van der Waals surface area contributed by atoms with Crippen molar-refractivity contribution < 1.29 is 4.79 Å². The largest absolute Gasteiger partial charge is 0.326 e. The van der Waals surface area contributed by atoms with Crippen LogP contribution in [0.4, 0.5) is 5.69 Å². The predicted octanol–water partition coefficient (Wildman–Crippen LogP) is 3.54. The zero-order chi connectivity index (χ0) is 17.1. The number of benzene rings is 1. The van der Waals surface area contributed by atoms with Gasteiger partial charge in [0, 0.05) is 48.8 Å². The second-order valence-electron chi connectivity index (χ2n) is 7.26. The zero-order valence-electron chi connectivity index (χ0n) is 14.7. The third-order valence-electron chi connectivity index (χ3n) is 5.37. The highest BCUT2D eigenvalue weighted by Crippen LogP contribution is 2.24. The van der Waals surface area contributed by atoms with E-state index in [1.54, 1.807) is 0 Å². The van der Waals surface area contributed by atoms with Crippen LogP contribution in [0.15, 0.2) is 18.2 Å². The molecule has 2 fully saturated rings. The number of hydrogen-bond donors (Lipinski definition) is 1. The average Bonchev–Trinajstić information content (AvgIpc) is 2.51. The van der Waals surface area contributed by atoms with Crippen LogP contribution in [0.5, 0.6) is 0 Å². The number of aryl methyl sites for hydroxylation is 1. The van der Waals surface area contributed by atoms with E-state index < -0.39 is 0 Å². The Bertz CT molecular complexity index is 586. The first-order valence-electron chi connectivity index (χ1n) is 9.07. The number of hydrogen-bond acceptors (Lipinski definition) is 3. The summed E-state index contributed by atoms with van der Waals surface area (Å²) in [5.41, 5.74) is 1.80. The van der Waals surface area contributed by atoms with Crippen molar-refractivity contribution in [2.24, 2.45) is 0 Å². The molecule has 24 heavy (non-hydrogen) atoms. The average molecular weight is 350 g/mol. The van der Waals surface area contributed by atoms with E-state index in [-0.39, 0.29) is 5.91 Å². The SMILES string of the molecule is Cc1ccc(NC(=O)CCN2CC(N3CCCCC3C)C2)cc1Cl. The maximum atomic E-state index is 12.1. The summed E-state index contributed by atoms with van der Waals surface area (Å²) in [6.07, 6.45) is 4.57. The molecular formula is C19H28ClN3O. The van der Waals surface area contributed by atoms with Crippen molar-refractivity contribution >= 4 is 23.2 Å². The van der Waals surface area contributed by atoms with Gasteiger partial charge in [0.2, 0.25) is 5.91 Å². The predicted molar refractivity (Wildman–Crippen MR) is 99.7 cm³/mol. The van der Waals surface area contributed by atoms with E-state index in [1.807, 2.05) is 25.1 Å². The lowest BCUT2D eigenvalue weighted by atomic mass is 9.97. The molecule has 5 heteroatoms. The van der Waals surface area contributed by atoms with E-state index in [0.29, 0.717) is 17.5 Å². The van der Waals surface area contributed by atoms with Gasteiger partial charge in [-0.25, -0.2) is 0 Å². The molecule has 0 spiro atoms. The summed E-state index contributed by atoms with van der Waals surface area (Å²) in [7, 11) is 0. The molecule has 4 nitrogen and oxygen atoms in total.